The molecule has 90 heavy (non-hydrogen) atoms. The number of hydrogen-bond acceptors (Lipinski definition) is 5. The van der Waals surface area contributed by atoms with Gasteiger partial charge >= 0.3 is 0 Å². The number of hydrogen-bond donors (Lipinski definition) is 1. The second kappa shape index (κ2) is 19.8. The van der Waals surface area contributed by atoms with Crippen LogP contribution in [0.4, 0.5) is 51.2 Å². The summed E-state index contributed by atoms with van der Waals surface area (Å²) >= 11 is 0. The zero-order valence-electron chi connectivity index (χ0n) is 52.9. The van der Waals surface area contributed by atoms with Gasteiger partial charge in [0.25, 0.3) is 0 Å². The van der Waals surface area contributed by atoms with Crippen LogP contribution in [0.15, 0.2) is 255 Å². The lowest BCUT2D eigenvalue weighted by Gasteiger charge is -2.37. The fourth-order valence-electron chi connectivity index (χ4n) is 15.5. The third kappa shape index (κ3) is 8.25. The molecule has 12 aromatic carbocycles. The fourth-order valence-corrected chi connectivity index (χ4v) is 15.5. The molecule has 16 rings (SSSR count). The van der Waals surface area contributed by atoms with Gasteiger partial charge in [0.05, 0.1) is 22.7 Å². The first-order valence-corrected chi connectivity index (χ1v) is 31.8. The predicted molar refractivity (Wildman–Crippen MR) is 375 cm³/mol. The van der Waals surface area contributed by atoms with E-state index in [2.05, 4.69) is 314 Å². The molecular formula is C85H73N3O2. The molecule has 0 bridgehead atoms. The number of para-hydroxylation sites is 5. The summed E-state index contributed by atoms with van der Waals surface area (Å²) in [6, 6.07) is 93.0. The van der Waals surface area contributed by atoms with E-state index in [1.807, 2.05) is 24.3 Å². The molecule has 0 radical (unpaired) electrons. The Bertz CT molecular complexity index is 4880. The zero-order valence-corrected chi connectivity index (χ0v) is 52.9. The summed E-state index contributed by atoms with van der Waals surface area (Å²) in [4.78, 5) is 7.12. The van der Waals surface area contributed by atoms with Gasteiger partial charge in [-0.05, 0) is 180 Å². The molecule has 1 atom stereocenters. The molecule has 0 spiro atoms. The molecule has 4 aliphatic rings. The number of rotatable bonds is 8. The van der Waals surface area contributed by atoms with Crippen molar-refractivity contribution in [1.29, 1.82) is 0 Å². The van der Waals surface area contributed by atoms with E-state index in [1.54, 1.807) is 0 Å². The molecular weight excluding hydrogens is 1090 g/mol. The largest absolute Gasteiger partial charge is 0.453 e. The molecule has 0 saturated carbocycles. The molecule has 1 aliphatic heterocycles. The summed E-state index contributed by atoms with van der Waals surface area (Å²) in [5.74, 6) is 1.48. The van der Waals surface area contributed by atoms with Crippen molar-refractivity contribution in [1.82, 2.24) is 0 Å². The third-order valence-corrected chi connectivity index (χ3v) is 20.2. The monoisotopic (exact) mass is 1170 g/mol. The minimum absolute atomic E-state index is 0.0487. The maximum Gasteiger partial charge on any atom is 0.151 e. The first-order chi connectivity index (χ1) is 43.3. The Hall–Kier alpha value is -9.94. The molecule has 5 nitrogen and oxygen atoms in total. The van der Waals surface area contributed by atoms with Crippen LogP contribution in [0.1, 0.15) is 119 Å². The normalized spacial score (nSPS) is 16.0. The molecule has 1 unspecified atom stereocenters. The highest BCUT2D eigenvalue weighted by atomic mass is 16.5. The number of anilines is 9. The van der Waals surface area contributed by atoms with Crippen molar-refractivity contribution in [2.45, 2.75) is 96.5 Å². The van der Waals surface area contributed by atoms with E-state index in [9.17, 15) is 0 Å². The average Bonchev–Trinajstić information content (AvgIpc) is 1.51. The van der Waals surface area contributed by atoms with Gasteiger partial charge in [-0.15, -0.1) is 0 Å². The van der Waals surface area contributed by atoms with Crippen molar-refractivity contribution in [2.75, 3.05) is 14.7 Å². The van der Waals surface area contributed by atoms with E-state index in [-0.39, 0.29) is 21.7 Å². The van der Waals surface area contributed by atoms with Crippen LogP contribution in [0.5, 0.6) is 11.5 Å². The van der Waals surface area contributed by atoms with Crippen LogP contribution in [0.3, 0.4) is 0 Å². The van der Waals surface area contributed by atoms with E-state index >= 15 is 5.11 Å². The van der Waals surface area contributed by atoms with Crippen LogP contribution in [0, 0.1) is 0 Å². The quantitative estimate of drug-likeness (QED) is 0.164. The summed E-state index contributed by atoms with van der Waals surface area (Å²) in [6.45, 7) is 23.0. The second-order valence-corrected chi connectivity index (χ2v) is 28.3. The number of ether oxygens (including phenoxy) is 1. The van der Waals surface area contributed by atoms with Crippen molar-refractivity contribution < 1.29 is 9.84 Å². The van der Waals surface area contributed by atoms with E-state index in [0.29, 0.717) is 0 Å². The summed E-state index contributed by atoms with van der Waals surface area (Å²) < 4.78 is 6.69. The van der Waals surface area contributed by atoms with Gasteiger partial charge in [0.15, 0.2) is 11.5 Å². The minimum atomic E-state index is -1.76. The smallest absolute Gasteiger partial charge is 0.151 e. The van der Waals surface area contributed by atoms with Gasteiger partial charge < -0.3 is 24.5 Å². The predicted octanol–water partition coefficient (Wildman–Crippen LogP) is 22.8. The van der Waals surface area contributed by atoms with Gasteiger partial charge in [0.2, 0.25) is 0 Å². The Labute approximate surface area is 529 Å². The van der Waals surface area contributed by atoms with Crippen molar-refractivity contribution in [3.8, 4) is 44.9 Å². The molecule has 5 heteroatoms. The van der Waals surface area contributed by atoms with Crippen LogP contribution in [-0.2, 0) is 27.3 Å². The van der Waals surface area contributed by atoms with Crippen molar-refractivity contribution in [3.63, 3.8) is 0 Å². The van der Waals surface area contributed by atoms with E-state index in [0.717, 1.165) is 101 Å². The first-order valence-electron chi connectivity index (χ1n) is 31.8. The average molecular weight is 1170 g/mol. The topological polar surface area (TPSA) is 39.2 Å². The maximum absolute atomic E-state index is 15.5. The number of benzene rings is 12. The molecule has 1 N–H and O–H groups in total. The Morgan fingerprint density at radius 1 is 0.333 bits per heavy atom. The first kappa shape index (κ1) is 55.4. The third-order valence-electron chi connectivity index (χ3n) is 20.2. The van der Waals surface area contributed by atoms with Crippen LogP contribution in [0.2, 0.25) is 0 Å². The summed E-state index contributed by atoms with van der Waals surface area (Å²) in [6.07, 6.45) is 0. The van der Waals surface area contributed by atoms with Crippen molar-refractivity contribution in [2.24, 2.45) is 0 Å². The molecule has 440 valence electrons. The molecule has 0 amide bonds. The minimum Gasteiger partial charge on any atom is -0.453 e. The summed E-state index contributed by atoms with van der Waals surface area (Å²) in [7, 11) is 0. The summed E-state index contributed by atoms with van der Waals surface area (Å²) in [5.41, 5.74) is 23.5. The highest BCUT2D eigenvalue weighted by Gasteiger charge is 2.48. The van der Waals surface area contributed by atoms with Gasteiger partial charge in [-0.3, -0.25) is 0 Å². The van der Waals surface area contributed by atoms with Gasteiger partial charge in [-0.2, -0.15) is 0 Å². The standard InChI is InChI=1S/C85H73N3O2/c1-81(2,3)53-35-39-55(40-36-53)86(57-44-47-69-65(49-57)60-23-13-15-27-67(60)83(69,7)8)59-43-46-64-72(51-59)85(89,71-29-17-18-30-74(71)88-75-31-19-21-33-78(75)90-79-34-22-20-32-76(79)88)73-52-77(62-25-11-12-26-63(62)80(64)73)87(56-41-37-54(38-42-56)82(4,5)6)58-45-48-70-66(50-58)61-24-14-16-28-68(61)84(70,9)10/h11-52,89H,1-10H3. The van der Waals surface area contributed by atoms with Gasteiger partial charge in [-0.1, -0.05) is 227 Å². The Morgan fingerprint density at radius 3 is 1.29 bits per heavy atom. The molecule has 3 aliphatic carbocycles. The highest BCUT2D eigenvalue weighted by molar-refractivity contribution is 6.11. The van der Waals surface area contributed by atoms with Gasteiger partial charge in [0, 0.05) is 61.3 Å². The number of nitrogens with zero attached hydrogens (tertiary/aromatic N) is 3. The van der Waals surface area contributed by atoms with Gasteiger partial charge in [0.1, 0.15) is 5.60 Å². The van der Waals surface area contributed by atoms with Gasteiger partial charge in [-0.25, -0.2) is 0 Å². The molecule has 12 aromatic rings. The van der Waals surface area contributed by atoms with Crippen molar-refractivity contribution >= 4 is 62.0 Å². The molecule has 1 heterocycles. The van der Waals surface area contributed by atoms with Crippen LogP contribution in [-0.4, -0.2) is 5.11 Å². The van der Waals surface area contributed by atoms with Crippen molar-refractivity contribution in [3.05, 3.63) is 305 Å². The Morgan fingerprint density at radius 2 is 0.744 bits per heavy atom. The van der Waals surface area contributed by atoms with Crippen LogP contribution < -0.4 is 19.4 Å². The molecule has 0 saturated heterocycles. The zero-order chi connectivity index (χ0) is 61.8. The highest BCUT2D eigenvalue weighted by Crippen LogP contribution is 2.62. The van der Waals surface area contributed by atoms with Crippen LogP contribution in [0.25, 0.3) is 44.2 Å². The lowest BCUT2D eigenvalue weighted by Crippen LogP contribution is -2.30. The van der Waals surface area contributed by atoms with Crippen LogP contribution >= 0.6 is 0 Å². The summed E-state index contributed by atoms with van der Waals surface area (Å²) in [5, 5.41) is 17.6. The fraction of sp³-hybridized carbons (Fsp3) is 0.176. The lowest BCUT2D eigenvalue weighted by atomic mass is 9.81. The number of aliphatic hydroxyl groups is 1. The number of fused-ring (bicyclic) bond motifs is 13. The SMILES string of the molecule is CC(C)(C)c1ccc(N(c2ccc3c(c2)-c2ccccc2C3(C)C)c2ccc3c(c2)C(O)(c2ccccc2N2c4ccccc4Oc4ccccc42)c2cc(N(c4ccc(C(C)(C)C)cc4)c4ccc5c(c4)-c4ccccc4C5(C)C)c4ccccc4c2-3)cc1. The Kier molecular flexibility index (Phi) is 12.2. The molecule has 0 fully saturated rings. The Balaban J connectivity index is 0.977. The lowest BCUT2D eigenvalue weighted by molar-refractivity contribution is 0.131. The second-order valence-electron chi connectivity index (χ2n) is 28.3. The maximum atomic E-state index is 15.5. The van der Waals surface area contributed by atoms with E-state index in [1.165, 1.54) is 55.6 Å². The molecule has 0 aromatic heterocycles. The van der Waals surface area contributed by atoms with E-state index < -0.39 is 5.60 Å². The van der Waals surface area contributed by atoms with E-state index in [4.69, 9.17) is 4.74 Å².